The summed E-state index contributed by atoms with van der Waals surface area (Å²) in [6, 6.07) is 3.13. The number of nitrogens with two attached hydrogens (primary N) is 1. The molecule has 0 aliphatic carbocycles. The normalized spacial score (nSPS) is 12.6. The van der Waals surface area contributed by atoms with E-state index in [1.165, 1.54) is 24.7 Å². The maximum Gasteiger partial charge on any atom is 0.316 e. The van der Waals surface area contributed by atoms with Crippen LogP contribution in [0.4, 0.5) is 18.9 Å². The lowest BCUT2D eigenvalue weighted by molar-refractivity contribution is 0.0138. The first-order valence-corrected chi connectivity index (χ1v) is 7.36. The second-order valence-electron chi connectivity index (χ2n) is 5.25. The molecule has 2 rings (SSSR count). The summed E-state index contributed by atoms with van der Waals surface area (Å²) in [4.78, 5) is 11.7. The van der Waals surface area contributed by atoms with Crippen LogP contribution < -0.4 is 10.6 Å². The number of halogens is 3. The minimum Gasteiger partial charge on any atom is -0.457 e. The van der Waals surface area contributed by atoms with Gasteiger partial charge in [0, 0.05) is 24.9 Å². The zero-order valence-corrected chi connectivity index (χ0v) is 13.7. The first-order valence-electron chi connectivity index (χ1n) is 7.36. The van der Waals surface area contributed by atoms with E-state index in [4.69, 9.17) is 15.7 Å². The number of aliphatic hydroxyl groups is 1. The van der Waals surface area contributed by atoms with Gasteiger partial charge in [0.15, 0.2) is 0 Å². The predicted molar refractivity (Wildman–Crippen MR) is 89.2 cm³/mol. The van der Waals surface area contributed by atoms with Crippen molar-refractivity contribution in [1.29, 1.82) is 0 Å². The second-order valence-corrected chi connectivity index (χ2v) is 5.25. The Balaban J connectivity index is 2.05. The van der Waals surface area contributed by atoms with Crippen LogP contribution in [0.1, 0.15) is 18.1 Å². The summed E-state index contributed by atoms with van der Waals surface area (Å²) in [6.45, 7) is 0.275. The Morgan fingerprint density at radius 2 is 2.04 bits per heavy atom. The second kappa shape index (κ2) is 8.39. The topological polar surface area (TPSA) is 106 Å². The lowest BCUT2D eigenvalue weighted by atomic mass is 10.1. The third-order valence-corrected chi connectivity index (χ3v) is 3.16. The summed E-state index contributed by atoms with van der Waals surface area (Å²) in [5.74, 6) is 0.883. The number of nitrogens with zero attached hydrogens (tertiary/aromatic N) is 4. The van der Waals surface area contributed by atoms with Crippen molar-refractivity contribution in [2.45, 2.75) is 19.5 Å². The quantitative estimate of drug-likeness (QED) is 0.444. The van der Waals surface area contributed by atoms with Gasteiger partial charge in [-0.2, -0.15) is 5.10 Å². The number of benzene rings is 1. The highest BCUT2D eigenvalue weighted by atomic mass is 19.3. The van der Waals surface area contributed by atoms with Gasteiger partial charge in [0.05, 0.1) is 24.1 Å². The molecule has 3 N–H and O–H groups in total. The predicted octanol–water partition coefficient (Wildman–Crippen LogP) is 2.32. The molecule has 10 heteroatoms. The number of aromatic nitrogens is 2. The summed E-state index contributed by atoms with van der Waals surface area (Å²) in [7, 11) is 0. The van der Waals surface area contributed by atoms with Crippen LogP contribution in [0.5, 0.6) is 6.01 Å². The molecule has 0 spiro atoms. The molecule has 2 aromatic rings. The van der Waals surface area contributed by atoms with Crippen LogP contribution in [0.25, 0.3) is 0 Å². The van der Waals surface area contributed by atoms with Crippen LogP contribution in [-0.2, 0) is 12.5 Å². The van der Waals surface area contributed by atoms with Crippen molar-refractivity contribution in [3.8, 4) is 6.01 Å². The highest BCUT2D eigenvalue weighted by Crippen LogP contribution is 2.31. The molecule has 0 saturated carbocycles. The number of aliphatic hydroxyl groups excluding tert-OH is 1. The van der Waals surface area contributed by atoms with Crippen LogP contribution in [0, 0.1) is 5.82 Å². The molecule has 1 aromatic heterocycles. The number of alkyl halides is 2. The van der Waals surface area contributed by atoms with Gasteiger partial charge in [-0.3, -0.25) is 4.99 Å². The molecule has 138 valence electrons. The van der Waals surface area contributed by atoms with Crippen molar-refractivity contribution in [3.05, 3.63) is 47.5 Å². The summed E-state index contributed by atoms with van der Waals surface area (Å²) in [6.07, 6.45) is 3.98. The molecule has 0 bridgehead atoms. The number of rotatable bonds is 7. The van der Waals surface area contributed by atoms with Gasteiger partial charge < -0.3 is 15.7 Å². The maximum atomic E-state index is 13.5. The smallest absolute Gasteiger partial charge is 0.316 e. The third kappa shape index (κ3) is 5.24. The van der Waals surface area contributed by atoms with E-state index in [0.29, 0.717) is 12.5 Å². The SMILES string of the molecule is CC(F)(F)c1cc(N=CC(COc2ncc(CO)cn2)=NN)ccc1F. The van der Waals surface area contributed by atoms with E-state index in [0.717, 1.165) is 12.1 Å². The van der Waals surface area contributed by atoms with Crippen LogP contribution in [0.3, 0.4) is 0 Å². The highest BCUT2D eigenvalue weighted by molar-refractivity contribution is 6.31. The minimum atomic E-state index is -3.33. The molecule has 7 nitrogen and oxygen atoms in total. The van der Waals surface area contributed by atoms with E-state index < -0.39 is 17.3 Å². The van der Waals surface area contributed by atoms with E-state index in [2.05, 4.69) is 20.1 Å². The van der Waals surface area contributed by atoms with Crippen LogP contribution >= 0.6 is 0 Å². The lowest BCUT2D eigenvalue weighted by Crippen LogP contribution is -2.16. The van der Waals surface area contributed by atoms with E-state index >= 15 is 0 Å². The zero-order chi connectivity index (χ0) is 19.2. The Hall–Kier alpha value is -3.01. The van der Waals surface area contributed by atoms with Crippen molar-refractivity contribution in [1.82, 2.24) is 9.97 Å². The molecule has 0 fully saturated rings. The largest absolute Gasteiger partial charge is 0.457 e. The fourth-order valence-corrected chi connectivity index (χ4v) is 1.82. The van der Waals surface area contributed by atoms with Gasteiger partial charge in [-0.05, 0) is 18.2 Å². The zero-order valence-electron chi connectivity index (χ0n) is 13.7. The Morgan fingerprint density at radius 3 is 2.62 bits per heavy atom. The number of ether oxygens (including phenoxy) is 1. The van der Waals surface area contributed by atoms with Crippen LogP contribution in [0.15, 0.2) is 40.7 Å². The van der Waals surface area contributed by atoms with Crippen molar-refractivity contribution in [2.75, 3.05) is 6.61 Å². The number of hydrazone groups is 1. The molecule has 1 heterocycles. The third-order valence-electron chi connectivity index (χ3n) is 3.16. The first-order chi connectivity index (χ1) is 12.3. The fourth-order valence-electron chi connectivity index (χ4n) is 1.82. The van der Waals surface area contributed by atoms with Crippen molar-refractivity contribution in [3.63, 3.8) is 0 Å². The molecule has 0 aliphatic heterocycles. The molecule has 0 saturated heterocycles. The summed E-state index contributed by atoms with van der Waals surface area (Å²) >= 11 is 0. The molecule has 0 amide bonds. The van der Waals surface area contributed by atoms with Gasteiger partial charge in [0.25, 0.3) is 5.92 Å². The average Bonchev–Trinajstić information content (AvgIpc) is 2.62. The molecule has 26 heavy (non-hydrogen) atoms. The van der Waals surface area contributed by atoms with E-state index in [-0.39, 0.29) is 30.6 Å². The van der Waals surface area contributed by atoms with E-state index in [9.17, 15) is 13.2 Å². The van der Waals surface area contributed by atoms with Gasteiger partial charge in [0.2, 0.25) is 0 Å². The molecule has 0 radical (unpaired) electrons. The fraction of sp³-hybridized carbons (Fsp3) is 0.250. The molecular weight excluding hydrogens is 351 g/mol. The average molecular weight is 367 g/mol. The standard InChI is InChI=1S/C16H16F3N5O2/c1-16(18,19)13-4-11(2-3-14(13)17)21-7-12(24-20)9-26-15-22-5-10(8-25)6-23-15/h2-7,25H,8-9,20H2,1H3. The van der Waals surface area contributed by atoms with Gasteiger partial charge >= 0.3 is 6.01 Å². The maximum absolute atomic E-state index is 13.5. The monoisotopic (exact) mass is 367 g/mol. The molecular formula is C16H16F3N5O2. The first kappa shape index (κ1) is 19.3. The van der Waals surface area contributed by atoms with Crippen LogP contribution in [-0.4, -0.2) is 33.6 Å². The Kier molecular flexibility index (Phi) is 6.23. The summed E-state index contributed by atoms with van der Waals surface area (Å²) < 4.78 is 45.4. The summed E-state index contributed by atoms with van der Waals surface area (Å²) in [5, 5.41) is 12.4. The molecule has 0 unspecified atom stereocenters. The van der Waals surface area contributed by atoms with Gasteiger partial charge in [-0.1, -0.05) is 0 Å². The van der Waals surface area contributed by atoms with Gasteiger partial charge in [-0.25, -0.2) is 23.1 Å². The minimum absolute atomic E-state index is 0.0337. The Bertz CT molecular complexity index is 805. The van der Waals surface area contributed by atoms with Crippen LogP contribution in [0.2, 0.25) is 0 Å². The van der Waals surface area contributed by atoms with Gasteiger partial charge in [-0.15, -0.1) is 0 Å². The summed E-state index contributed by atoms with van der Waals surface area (Å²) in [5.41, 5.74) is 0.0417. The van der Waals surface area contributed by atoms with E-state index in [1.54, 1.807) is 0 Å². The highest BCUT2D eigenvalue weighted by Gasteiger charge is 2.28. The number of hydrogen-bond donors (Lipinski definition) is 2. The Labute approximate surface area is 147 Å². The van der Waals surface area contributed by atoms with E-state index in [1.807, 2.05) is 0 Å². The number of hydrogen-bond acceptors (Lipinski definition) is 7. The Morgan fingerprint density at radius 1 is 1.35 bits per heavy atom. The van der Waals surface area contributed by atoms with Gasteiger partial charge in [0.1, 0.15) is 18.1 Å². The van der Waals surface area contributed by atoms with Crippen molar-refractivity contribution >= 4 is 17.6 Å². The van der Waals surface area contributed by atoms with Crippen molar-refractivity contribution < 1.29 is 23.0 Å². The molecule has 1 aromatic carbocycles. The lowest BCUT2D eigenvalue weighted by Gasteiger charge is -2.11. The molecule has 0 aliphatic rings. The van der Waals surface area contributed by atoms with Crippen molar-refractivity contribution in [2.24, 2.45) is 15.9 Å². The number of aliphatic imine (C=N–C) groups is 1. The molecule has 0 atom stereocenters.